The number of carboxylic acid groups (broad SMARTS) is 1. The highest BCUT2D eigenvalue weighted by atomic mass is 16.4. The number of nitrogens with one attached hydrogen (secondary N) is 1. The Hall–Kier alpha value is -3.44. The summed E-state index contributed by atoms with van der Waals surface area (Å²) in [5.74, 6) is -0.296. The van der Waals surface area contributed by atoms with Crippen LogP contribution in [-0.4, -0.2) is 29.6 Å². The molecule has 4 N–H and O–H groups in total. The van der Waals surface area contributed by atoms with E-state index in [1.54, 1.807) is 24.3 Å². The Morgan fingerprint density at radius 2 is 1.50 bits per heavy atom. The van der Waals surface area contributed by atoms with Crippen molar-refractivity contribution in [1.29, 1.82) is 0 Å². The zero-order valence-electron chi connectivity index (χ0n) is 21.9. The molecule has 198 valence electrons. The molecule has 0 heterocycles. The van der Waals surface area contributed by atoms with E-state index in [1.807, 2.05) is 6.07 Å². The van der Waals surface area contributed by atoms with E-state index in [1.165, 1.54) is 61.6 Å². The predicted molar refractivity (Wildman–Crippen MR) is 151 cm³/mol. The van der Waals surface area contributed by atoms with Crippen molar-refractivity contribution < 1.29 is 14.7 Å². The third kappa shape index (κ3) is 5.99. The van der Waals surface area contributed by atoms with Crippen LogP contribution < -0.4 is 11.1 Å². The summed E-state index contributed by atoms with van der Waals surface area (Å²) in [4.78, 5) is 24.1. The normalized spacial score (nSPS) is 18.3. The quantitative estimate of drug-likeness (QED) is 0.320. The second-order valence-corrected chi connectivity index (χ2v) is 11.3. The fourth-order valence-corrected chi connectivity index (χ4v) is 6.38. The number of aliphatic carboxylic acids is 1. The SMILES string of the molecule is N[C@H](Cc1ccc(C(=O)NC[C@@H](c2ccc(-c3ccccc3)cc2)C2CCC3(CCC3)CC2)cc1)C(=O)O. The van der Waals surface area contributed by atoms with Crippen LogP contribution in [0.25, 0.3) is 11.1 Å². The molecule has 0 saturated heterocycles. The first-order valence-corrected chi connectivity index (χ1v) is 13.9. The minimum atomic E-state index is -1.03. The van der Waals surface area contributed by atoms with Gasteiger partial charge in [-0.25, -0.2) is 0 Å². The van der Waals surface area contributed by atoms with Crippen LogP contribution in [0.2, 0.25) is 0 Å². The minimum Gasteiger partial charge on any atom is -0.480 e. The van der Waals surface area contributed by atoms with Crippen molar-refractivity contribution in [3.63, 3.8) is 0 Å². The van der Waals surface area contributed by atoms with Crippen molar-refractivity contribution >= 4 is 11.9 Å². The van der Waals surface area contributed by atoms with E-state index in [0.29, 0.717) is 23.4 Å². The highest BCUT2D eigenvalue weighted by molar-refractivity contribution is 5.94. The maximum atomic E-state index is 13.1. The van der Waals surface area contributed by atoms with Gasteiger partial charge in [0.25, 0.3) is 5.91 Å². The largest absolute Gasteiger partial charge is 0.480 e. The maximum absolute atomic E-state index is 13.1. The fourth-order valence-electron chi connectivity index (χ4n) is 6.38. The Morgan fingerprint density at radius 1 is 0.868 bits per heavy atom. The molecule has 0 radical (unpaired) electrons. The molecule has 38 heavy (non-hydrogen) atoms. The molecule has 2 aliphatic rings. The van der Waals surface area contributed by atoms with E-state index >= 15 is 0 Å². The monoisotopic (exact) mass is 510 g/mol. The van der Waals surface area contributed by atoms with Crippen LogP contribution in [0, 0.1) is 11.3 Å². The highest BCUT2D eigenvalue weighted by Gasteiger charge is 2.41. The van der Waals surface area contributed by atoms with Gasteiger partial charge in [-0.3, -0.25) is 9.59 Å². The molecule has 0 bridgehead atoms. The number of carbonyl (C=O) groups is 2. The van der Waals surface area contributed by atoms with Crippen LogP contribution in [0.4, 0.5) is 0 Å². The number of benzene rings is 3. The Balaban J connectivity index is 1.28. The number of carboxylic acids is 1. The molecule has 0 aromatic heterocycles. The molecule has 5 heteroatoms. The van der Waals surface area contributed by atoms with Crippen LogP contribution >= 0.6 is 0 Å². The summed E-state index contributed by atoms with van der Waals surface area (Å²) in [6.07, 6.45) is 9.46. The van der Waals surface area contributed by atoms with Crippen molar-refractivity contribution in [2.75, 3.05) is 6.54 Å². The third-order valence-electron chi connectivity index (χ3n) is 8.99. The number of hydrogen-bond donors (Lipinski definition) is 3. The standard InChI is InChI=1S/C33H38N2O3/c34-30(32(37)38)21-23-7-9-28(10-8-23)31(36)35-22-29(27-15-19-33(20-16-27)17-4-18-33)26-13-11-25(12-14-26)24-5-2-1-3-6-24/h1-3,5-14,27,29-30H,4,15-22,34H2,(H,35,36)(H,37,38)/t29-,30+/m0/s1. The molecule has 1 amide bonds. The van der Waals surface area contributed by atoms with Gasteiger partial charge in [-0.05, 0) is 90.7 Å². The summed E-state index contributed by atoms with van der Waals surface area (Å²) in [6.45, 7) is 0.604. The van der Waals surface area contributed by atoms with E-state index in [-0.39, 0.29) is 18.2 Å². The lowest BCUT2D eigenvalue weighted by molar-refractivity contribution is -0.138. The first-order chi connectivity index (χ1) is 18.4. The van der Waals surface area contributed by atoms with Crippen LogP contribution in [-0.2, 0) is 11.2 Å². The Morgan fingerprint density at radius 3 is 2.08 bits per heavy atom. The van der Waals surface area contributed by atoms with E-state index in [9.17, 15) is 9.59 Å². The third-order valence-corrected chi connectivity index (χ3v) is 8.99. The molecule has 2 fully saturated rings. The first-order valence-electron chi connectivity index (χ1n) is 13.9. The van der Waals surface area contributed by atoms with E-state index in [4.69, 9.17) is 10.8 Å². The van der Waals surface area contributed by atoms with Crippen LogP contribution in [0.3, 0.4) is 0 Å². The average Bonchev–Trinajstić information content (AvgIpc) is 2.93. The van der Waals surface area contributed by atoms with Crippen molar-refractivity contribution in [3.8, 4) is 11.1 Å². The van der Waals surface area contributed by atoms with Crippen molar-refractivity contribution in [1.82, 2.24) is 5.32 Å². The smallest absolute Gasteiger partial charge is 0.320 e. The maximum Gasteiger partial charge on any atom is 0.320 e. The van der Waals surface area contributed by atoms with E-state index < -0.39 is 12.0 Å². The van der Waals surface area contributed by atoms with Gasteiger partial charge in [-0.2, -0.15) is 0 Å². The molecular weight excluding hydrogens is 472 g/mol. The number of carbonyl (C=O) groups excluding carboxylic acids is 1. The molecule has 0 unspecified atom stereocenters. The summed E-state index contributed by atoms with van der Waals surface area (Å²) in [7, 11) is 0. The van der Waals surface area contributed by atoms with Gasteiger partial charge in [0.05, 0.1) is 0 Å². The number of rotatable bonds is 9. The van der Waals surface area contributed by atoms with Gasteiger partial charge in [-0.1, -0.05) is 73.2 Å². The second-order valence-electron chi connectivity index (χ2n) is 11.3. The Bertz CT molecular complexity index is 1220. The van der Waals surface area contributed by atoms with Gasteiger partial charge in [-0.15, -0.1) is 0 Å². The number of amides is 1. The first kappa shape index (κ1) is 26.2. The summed E-state index contributed by atoms with van der Waals surface area (Å²) in [5.41, 5.74) is 11.3. The lowest BCUT2D eigenvalue weighted by Crippen LogP contribution is -2.38. The second kappa shape index (κ2) is 11.5. The van der Waals surface area contributed by atoms with Crippen molar-refractivity contribution in [2.24, 2.45) is 17.1 Å². The minimum absolute atomic E-state index is 0.101. The lowest BCUT2D eigenvalue weighted by atomic mass is 9.57. The number of hydrogen-bond acceptors (Lipinski definition) is 3. The summed E-state index contributed by atoms with van der Waals surface area (Å²) in [5, 5.41) is 12.3. The van der Waals surface area contributed by atoms with Crippen molar-refractivity contribution in [2.45, 2.75) is 63.3 Å². The molecule has 5 nitrogen and oxygen atoms in total. The van der Waals surface area contributed by atoms with Gasteiger partial charge in [0.1, 0.15) is 6.04 Å². The van der Waals surface area contributed by atoms with Gasteiger partial charge in [0, 0.05) is 18.0 Å². The van der Waals surface area contributed by atoms with Gasteiger partial charge in [0.2, 0.25) is 0 Å². The van der Waals surface area contributed by atoms with Gasteiger partial charge >= 0.3 is 5.97 Å². The van der Waals surface area contributed by atoms with Crippen LogP contribution in [0.15, 0.2) is 78.9 Å². The summed E-state index contributed by atoms with van der Waals surface area (Å²) >= 11 is 0. The number of nitrogens with two attached hydrogens (primary N) is 1. The molecule has 2 aliphatic carbocycles. The Labute approximate surface area is 225 Å². The zero-order chi connectivity index (χ0) is 26.5. The molecule has 3 aromatic carbocycles. The average molecular weight is 511 g/mol. The molecule has 5 rings (SSSR count). The zero-order valence-corrected chi connectivity index (χ0v) is 21.9. The lowest BCUT2D eigenvalue weighted by Gasteiger charge is -2.48. The summed E-state index contributed by atoms with van der Waals surface area (Å²) < 4.78 is 0. The van der Waals surface area contributed by atoms with Gasteiger partial charge in [0.15, 0.2) is 0 Å². The van der Waals surface area contributed by atoms with Gasteiger partial charge < -0.3 is 16.2 Å². The van der Waals surface area contributed by atoms with E-state index in [2.05, 4.69) is 53.8 Å². The summed E-state index contributed by atoms with van der Waals surface area (Å²) in [6, 6.07) is 25.5. The highest BCUT2D eigenvalue weighted by Crippen LogP contribution is 2.54. The molecular formula is C33H38N2O3. The molecule has 3 aromatic rings. The Kier molecular flexibility index (Phi) is 7.94. The van der Waals surface area contributed by atoms with Crippen molar-refractivity contribution in [3.05, 3.63) is 95.6 Å². The predicted octanol–water partition coefficient (Wildman–Crippen LogP) is 6.18. The van der Waals surface area contributed by atoms with Crippen LogP contribution in [0.5, 0.6) is 0 Å². The topological polar surface area (TPSA) is 92.4 Å². The molecule has 2 saturated carbocycles. The van der Waals surface area contributed by atoms with Crippen LogP contribution in [0.1, 0.15) is 72.3 Å². The van der Waals surface area contributed by atoms with E-state index in [0.717, 1.165) is 5.56 Å². The molecule has 0 aliphatic heterocycles. The fraction of sp³-hybridized carbons (Fsp3) is 0.394. The molecule has 2 atom stereocenters. The molecule has 1 spiro atoms.